The SMILES string of the molecule is CC(C)Cn1c(=O)c(=C(O)NC2CC2)c(=O)n2c1=CC(C1CCCNC1)N2. The molecule has 2 fully saturated rings. The van der Waals surface area contributed by atoms with E-state index in [1.807, 2.05) is 19.9 Å². The fraction of sp³-hybridized carbons (Fsp3) is 0.684. The van der Waals surface area contributed by atoms with Gasteiger partial charge in [0.25, 0.3) is 11.1 Å². The van der Waals surface area contributed by atoms with Gasteiger partial charge in [-0.25, -0.2) is 4.68 Å². The van der Waals surface area contributed by atoms with Gasteiger partial charge in [0.15, 0.2) is 5.22 Å². The van der Waals surface area contributed by atoms with Crippen molar-refractivity contribution >= 4 is 12.0 Å². The average Bonchev–Trinajstić information content (AvgIpc) is 3.33. The number of nitrogens with one attached hydrogen (secondary N) is 3. The van der Waals surface area contributed by atoms with E-state index in [2.05, 4.69) is 16.1 Å². The standard InChI is InChI=1S/C19H29N5O3/c1-11(2)10-23-15-8-14(12-4-3-7-20-9-12)22-24(15)19(27)16(18(23)26)17(25)21-13-5-6-13/h8,11-14,20-22,25H,3-7,9-10H2,1-2H3. The molecule has 2 unspecified atom stereocenters. The molecule has 4 rings (SSSR count). The second-order valence-corrected chi connectivity index (χ2v) is 8.38. The average molecular weight is 375 g/mol. The molecule has 1 aliphatic carbocycles. The first-order valence-corrected chi connectivity index (χ1v) is 10.0. The molecule has 0 spiro atoms. The van der Waals surface area contributed by atoms with Crippen molar-refractivity contribution in [2.75, 3.05) is 18.5 Å². The number of piperidine rings is 1. The molecule has 0 bridgehead atoms. The van der Waals surface area contributed by atoms with Gasteiger partial charge in [-0.2, -0.15) is 0 Å². The Kier molecular flexibility index (Phi) is 4.75. The van der Waals surface area contributed by atoms with Crippen LogP contribution in [0.15, 0.2) is 9.59 Å². The summed E-state index contributed by atoms with van der Waals surface area (Å²) in [5.74, 6) is 0.302. The van der Waals surface area contributed by atoms with E-state index in [9.17, 15) is 14.7 Å². The zero-order valence-corrected chi connectivity index (χ0v) is 16.0. The van der Waals surface area contributed by atoms with Crippen LogP contribution in [0, 0.1) is 11.8 Å². The highest BCUT2D eigenvalue weighted by Crippen LogP contribution is 2.19. The highest BCUT2D eigenvalue weighted by Gasteiger charge is 2.29. The van der Waals surface area contributed by atoms with Gasteiger partial charge in [-0.15, -0.1) is 0 Å². The van der Waals surface area contributed by atoms with Crippen LogP contribution in [-0.4, -0.2) is 39.5 Å². The van der Waals surface area contributed by atoms with Gasteiger partial charge in [-0.05, 0) is 50.1 Å². The Bertz CT molecular complexity index is 951. The van der Waals surface area contributed by atoms with Crippen molar-refractivity contribution in [1.82, 2.24) is 19.9 Å². The molecule has 1 aromatic heterocycles. The lowest BCUT2D eigenvalue weighted by molar-refractivity contribution is 0.362. The van der Waals surface area contributed by atoms with Crippen LogP contribution < -0.4 is 37.9 Å². The third kappa shape index (κ3) is 3.50. The van der Waals surface area contributed by atoms with Gasteiger partial charge in [-0.1, -0.05) is 13.8 Å². The summed E-state index contributed by atoms with van der Waals surface area (Å²) in [5.41, 5.74) is 2.96. The van der Waals surface area contributed by atoms with E-state index in [1.54, 1.807) is 4.57 Å². The quantitative estimate of drug-likeness (QED) is 0.513. The number of fused-ring (bicyclic) bond motifs is 1. The Labute approximate surface area is 157 Å². The highest BCUT2D eigenvalue weighted by atomic mass is 16.3. The molecule has 3 heterocycles. The topological polar surface area (TPSA) is 100 Å². The number of rotatable bonds is 5. The Morgan fingerprint density at radius 2 is 2.07 bits per heavy atom. The smallest absolute Gasteiger partial charge is 0.289 e. The second kappa shape index (κ2) is 7.07. The van der Waals surface area contributed by atoms with E-state index in [1.165, 1.54) is 4.68 Å². The largest absolute Gasteiger partial charge is 0.494 e. The minimum atomic E-state index is -0.483. The molecule has 8 heteroatoms. The minimum absolute atomic E-state index is 0.00269. The molecule has 27 heavy (non-hydrogen) atoms. The summed E-state index contributed by atoms with van der Waals surface area (Å²) >= 11 is 0. The van der Waals surface area contributed by atoms with Crippen LogP contribution in [0.5, 0.6) is 0 Å². The predicted octanol–water partition coefficient (Wildman–Crippen LogP) is -1.25. The van der Waals surface area contributed by atoms with E-state index in [-0.39, 0.29) is 29.1 Å². The number of aromatic nitrogens is 2. The third-order valence-corrected chi connectivity index (χ3v) is 5.53. The van der Waals surface area contributed by atoms with E-state index in [4.69, 9.17) is 0 Å². The van der Waals surface area contributed by atoms with Crippen LogP contribution in [0.3, 0.4) is 0 Å². The van der Waals surface area contributed by atoms with Gasteiger partial charge in [0.05, 0.1) is 6.04 Å². The van der Waals surface area contributed by atoms with Crippen LogP contribution in [0.2, 0.25) is 0 Å². The monoisotopic (exact) mass is 375 g/mol. The summed E-state index contributed by atoms with van der Waals surface area (Å²) in [6, 6.07) is 0.151. The zero-order chi connectivity index (χ0) is 19.1. The van der Waals surface area contributed by atoms with Crippen LogP contribution in [0.25, 0.3) is 12.0 Å². The van der Waals surface area contributed by atoms with E-state index < -0.39 is 11.1 Å². The molecule has 3 aliphatic rings. The fourth-order valence-electron chi connectivity index (χ4n) is 3.97. The lowest BCUT2D eigenvalue weighted by Gasteiger charge is -2.27. The van der Waals surface area contributed by atoms with Crippen molar-refractivity contribution in [1.29, 1.82) is 0 Å². The molecular formula is C19H29N5O3. The van der Waals surface area contributed by atoms with Gasteiger partial charge in [0.1, 0.15) is 5.48 Å². The van der Waals surface area contributed by atoms with Crippen molar-refractivity contribution in [2.45, 2.75) is 58.2 Å². The predicted molar refractivity (Wildman–Crippen MR) is 104 cm³/mol. The molecule has 2 aliphatic heterocycles. The van der Waals surface area contributed by atoms with Crippen molar-refractivity contribution in [3.8, 4) is 0 Å². The number of nitrogens with zero attached hydrogens (tertiary/aromatic N) is 2. The van der Waals surface area contributed by atoms with Crippen molar-refractivity contribution in [3.05, 3.63) is 31.4 Å². The number of aliphatic hydroxyl groups is 1. The van der Waals surface area contributed by atoms with E-state index >= 15 is 0 Å². The molecule has 1 saturated heterocycles. The highest BCUT2D eigenvalue weighted by molar-refractivity contribution is 5.37. The Balaban J connectivity index is 1.84. The minimum Gasteiger partial charge on any atom is -0.494 e. The van der Waals surface area contributed by atoms with Crippen LogP contribution >= 0.6 is 0 Å². The molecule has 0 aromatic carbocycles. The number of aliphatic hydroxyl groups excluding tert-OH is 1. The van der Waals surface area contributed by atoms with Gasteiger partial charge in [-0.3, -0.25) is 14.2 Å². The maximum absolute atomic E-state index is 13.1. The molecule has 0 amide bonds. The third-order valence-electron chi connectivity index (χ3n) is 5.53. The molecule has 8 nitrogen and oxygen atoms in total. The second-order valence-electron chi connectivity index (χ2n) is 8.38. The van der Waals surface area contributed by atoms with Crippen LogP contribution in [0.1, 0.15) is 39.5 Å². The van der Waals surface area contributed by atoms with Gasteiger partial charge < -0.3 is 21.2 Å². The maximum atomic E-state index is 13.1. The Morgan fingerprint density at radius 3 is 2.70 bits per heavy atom. The fourth-order valence-corrected chi connectivity index (χ4v) is 3.97. The van der Waals surface area contributed by atoms with Crippen molar-refractivity contribution in [2.24, 2.45) is 11.8 Å². The van der Waals surface area contributed by atoms with Gasteiger partial charge >= 0.3 is 0 Å². The first-order chi connectivity index (χ1) is 13.0. The lowest BCUT2D eigenvalue weighted by Crippen LogP contribution is -2.60. The summed E-state index contributed by atoms with van der Waals surface area (Å²) in [7, 11) is 0. The molecule has 1 aromatic rings. The summed E-state index contributed by atoms with van der Waals surface area (Å²) in [6.07, 6.45) is 6.06. The summed E-state index contributed by atoms with van der Waals surface area (Å²) in [4.78, 5) is 26.1. The number of hydrogen-bond acceptors (Lipinski definition) is 6. The van der Waals surface area contributed by atoms with Crippen LogP contribution in [0.4, 0.5) is 0 Å². The Morgan fingerprint density at radius 1 is 1.30 bits per heavy atom. The zero-order valence-electron chi connectivity index (χ0n) is 16.0. The normalized spacial score (nSPS) is 25.6. The maximum Gasteiger partial charge on any atom is 0.289 e. The number of hydrogen-bond donors (Lipinski definition) is 4. The first-order valence-electron chi connectivity index (χ1n) is 10.0. The van der Waals surface area contributed by atoms with Crippen LogP contribution in [-0.2, 0) is 6.54 Å². The van der Waals surface area contributed by atoms with Gasteiger partial charge in [0, 0.05) is 19.1 Å². The summed E-state index contributed by atoms with van der Waals surface area (Å²) < 4.78 is 3.07. The lowest BCUT2D eigenvalue weighted by atomic mass is 9.92. The molecule has 2 atom stereocenters. The summed E-state index contributed by atoms with van der Waals surface area (Å²) in [6.45, 7) is 6.47. The summed E-state index contributed by atoms with van der Waals surface area (Å²) in [5, 5.41) is 16.6. The molecule has 4 N–H and O–H groups in total. The van der Waals surface area contributed by atoms with Crippen molar-refractivity contribution in [3.63, 3.8) is 0 Å². The Hall–Kier alpha value is -2.22. The molecule has 1 saturated carbocycles. The van der Waals surface area contributed by atoms with Crippen molar-refractivity contribution < 1.29 is 5.11 Å². The van der Waals surface area contributed by atoms with E-state index in [0.717, 1.165) is 38.8 Å². The first kappa shape index (κ1) is 18.2. The molecule has 0 radical (unpaired) electrons. The van der Waals surface area contributed by atoms with E-state index in [0.29, 0.717) is 17.9 Å². The van der Waals surface area contributed by atoms with Gasteiger partial charge in [0.2, 0.25) is 5.88 Å². The molecular weight excluding hydrogens is 346 g/mol. The molecule has 148 valence electrons.